The molecule has 6 nitrogen and oxygen atoms in total. The second-order valence-corrected chi connectivity index (χ2v) is 7.45. The number of ether oxygens (including phenoxy) is 2. The summed E-state index contributed by atoms with van der Waals surface area (Å²) in [6, 6.07) is 3.56. The van der Waals surface area contributed by atoms with Crippen LogP contribution in [0.15, 0.2) is 21.5 Å². The van der Waals surface area contributed by atoms with Gasteiger partial charge >= 0.3 is 0 Å². The molecule has 9 heteroatoms. The normalized spacial score (nSPS) is 15.8. The number of carbonyl (C=O) groups excluding carboxylic acids is 2. The Labute approximate surface area is 163 Å². The summed E-state index contributed by atoms with van der Waals surface area (Å²) in [6.45, 7) is 2.36. The van der Waals surface area contributed by atoms with Gasteiger partial charge in [-0.15, -0.1) is 0 Å². The van der Waals surface area contributed by atoms with Crippen molar-refractivity contribution in [2.75, 3.05) is 20.3 Å². The topological polar surface area (TPSA) is 78.9 Å². The maximum Gasteiger partial charge on any atom is 0.266 e. The van der Waals surface area contributed by atoms with Crippen molar-refractivity contribution in [1.82, 2.24) is 4.90 Å². The third-order valence-electron chi connectivity index (χ3n) is 3.25. The highest BCUT2D eigenvalue weighted by Crippen LogP contribution is 2.39. The molecule has 0 spiro atoms. The lowest BCUT2D eigenvalue weighted by molar-refractivity contribution is -0.305. The average molecular weight is 445 g/mol. The molecule has 0 N–H and O–H groups in total. The van der Waals surface area contributed by atoms with Crippen molar-refractivity contribution >= 4 is 62.2 Å². The van der Waals surface area contributed by atoms with E-state index in [-0.39, 0.29) is 18.9 Å². The smallest absolute Gasteiger partial charge is 0.266 e. The summed E-state index contributed by atoms with van der Waals surface area (Å²) < 4.78 is 11.9. The molecule has 0 aromatic heterocycles. The molecular formula is C16H15BrNO5S2-. The molecule has 0 bridgehead atoms. The highest BCUT2D eigenvalue weighted by atomic mass is 79.9. The van der Waals surface area contributed by atoms with Gasteiger partial charge in [0.15, 0.2) is 11.5 Å². The lowest BCUT2D eigenvalue weighted by Crippen LogP contribution is -2.33. The van der Waals surface area contributed by atoms with Crippen LogP contribution in [0.5, 0.6) is 11.5 Å². The molecule has 0 atom stereocenters. The number of benzene rings is 1. The van der Waals surface area contributed by atoms with E-state index in [9.17, 15) is 14.7 Å². The number of amides is 1. The third-order valence-corrected chi connectivity index (χ3v) is 5.22. The van der Waals surface area contributed by atoms with E-state index in [1.54, 1.807) is 18.2 Å². The van der Waals surface area contributed by atoms with Crippen LogP contribution in [0, 0.1) is 0 Å². The Kier molecular flexibility index (Phi) is 6.86. The van der Waals surface area contributed by atoms with Gasteiger partial charge in [-0.05, 0) is 46.6 Å². The minimum absolute atomic E-state index is 0.000628. The van der Waals surface area contributed by atoms with Gasteiger partial charge in [-0.25, -0.2) is 0 Å². The summed E-state index contributed by atoms with van der Waals surface area (Å²) in [6.07, 6.45) is 1.42. The molecule has 1 aromatic carbocycles. The van der Waals surface area contributed by atoms with Crippen molar-refractivity contribution < 1.29 is 24.2 Å². The minimum atomic E-state index is -1.22. The second kappa shape index (κ2) is 8.68. The van der Waals surface area contributed by atoms with Gasteiger partial charge in [0.25, 0.3) is 5.91 Å². The number of rotatable bonds is 7. The van der Waals surface area contributed by atoms with Gasteiger partial charge in [-0.1, -0.05) is 24.0 Å². The molecule has 1 heterocycles. The molecule has 1 fully saturated rings. The van der Waals surface area contributed by atoms with E-state index in [0.717, 1.165) is 17.3 Å². The largest absolute Gasteiger partial charge is 0.550 e. The first kappa shape index (κ1) is 19.7. The Morgan fingerprint density at radius 3 is 2.80 bits per heavy atom. The SMILES string of the molecule is CCOc1c(Br)cc(/C=C2\SC(=S)N(CCC(=O)[O-])C2=O)cc1OC. The van der Waals surface area contributed by atoms with Gasteiger partial charge in [0, 0.05) is 18.9 Å². The molecule has 1 amide bonds. The number of methoxy groups -OCH3 is 1. The quantitative estimate of drug-likeness (QED) is 0.470. The zero-order valence-corrected chi connectivity index (χ0v) is 16.8. The van der Waals surface area contributed by atoms with E-state index in [0.29, 0.717) is 31.8 Å². The van der Waals surface area contributed by atoms with E-state index < -0.39 is 5.97 Å². The molecule has 25 heavy (non-hydrogen) atoms. The van der Waals surface area contributed by atoms with E-state index in [1.165, 1.54) is 12.0 Å². The molecule has 134 valence electrons. The van der Waals surface area contributed by atoms with E-state index in [4.69, 9.17) is 21.7 Å². The Morgan fingerprint density at radius 1 is 1.48 bits per heavy atom. The van der Waals surface area contributed by atoms with Gasteiger partial charge in [0.05, 0.1) is 23.1 Å². The molecule has 2 rings (SSSR count). The molecular weight excluding hydrogens is 430 g/mol. The number of carboxylic acids is 1. The standard InChI is InChI=1S/C16H16BrNO5S2/c1-3-23-14-10(17)6-9(7-11(14)22-2)8-12-15(21)18(16(24)25-12)5-4-13(19)20/h6-8H,3-5H2,1-2H3,(H,19,20)/p-1/b12-8-. The fraction of sp³-hybridized carbons (Fsp3) is 0.312. The highest BCUT2D eigenvalue weighted by Gasteiger charge is 2.31. The van der Waals surface area contributed by atoms with Crippen LogP contribution < -0.4 is 14.6 Å². The number of nitrogens with zero attached hydrogens (tertiary/aromatic N) is 1. The number of carboxylic acid groups (broad SMARTS) is 1. The molecule has 1 aromatic rings. The monoisotopic (exact) mass is 444 g/mol. The number of thioether (sulfide) groups is 1. The molecule has 1 aliphatic rings. The Hall–Kier alpha value is -1.58. The van der Waals surface area contributed by atoms with Crippen molar-refractivity contribution in [3.63, 3.8) is 0 Å². The number of carbonyl (C=O) groups is 2. The van der Waals surface area contributed by atoms with Gasteiger partial charge in [0.2, 0.25) is 0 Å². The first-order chi connectivity index (χ1) is 11.9. The summed E-state index contributed by atoms with van der Waals surface area (Å²) in [7, 11) is 1.54. The van der Waals surface area contributed by atoms with Crippen LogP contribution in [0.2, 0.25) is 0 Å². The molecule has 0 unspecified atom stereocenters. The molecule has 1 saturated heterocycles. The zero-order valence-electron chi connectivity index (χ0n) is 13.5. The first-order valence-electron chi connectivity index (χ1n) is 7.33. The highest BCUT2D eigenvalue weighted by molar-refractivity contribution is 9.10. The van der Waals surface area contributed by atoms with Gasteiger partial charge in [-0.2, -0.15) is 0 Å². The Morgan fingerprint density at radius 2 is 2.20 bits per heavy atom. The lowest BCUT2D eigenvalue weighted by Gasteiger charge is -2.14. The van der Waals surface area contributed by atoms with E-state index in [1.807, 2.05) is 6.92 Å². The number of hydrogen-bond acceptors (Lipinski definition) is 7. The fourth-order valence-electron chi connectivity index (χ4n) is 2.15. The van der Waals surface area contributed by atoms with Crippen molar-refractivity contribution in [2.45, 2.75) is 13.3 Å². The maximum absolute atomic E-state index is 12.4. The van der Waals surface area contributed by atoms with Crippen molar-refractivity contribution in [3.05, 3.63) is 27.1 Å². The van der Waals surface area contributed by atoms with Crippen molar-refractivity contribution in [1.29, 1.82) is 0 Å². The summed E-state index contributed by atoms with van der Waals surface area (Å²) in [5.74, 6) is -0.419. The second-order valence-electron chi connectivity index (χ2n) is 4.92. The zero-order chi connectivity index (χ0) is 18.6. The average Bonchev–Trinajstić information content (AvgIpc) is 2.81. The molecule has 0 aliphatic carbocycles. The van der Waals surface area contributed by atoms with Crippen LogP contribution in [-0.4, -0.2) is 41.4 Å². The number of thiocarbonyl (C=S) groups is 1. The molecule has 0 saturated carbocycles. The predicted molar refractivity (Wildman–Crippen MR) is 101 cm³/mol. The predicted octanol–water partition coefficient (Wildman–Crippen LogP) is 2.20. The van der Waals surface area contributed by atoms with Crippen LogP contribution in [0.3, 0.4) is 0 Å². The number of hydrogen-bond donors (Lipinski definition) is 0. The van der Waals surface area contributed by atoms with Crippen LogP contribution in [-0.2, 0) is 9.59 Å². The summed E-state index contributed by atoms with van der Waals surface area (Å²) in [4.78, 5) is 24.7. The van der Waals surface area contributed by atoms with Gasteiger partial charge < -0.3 is 19.4 Å². The Balaban J connectivity index is 2.28. The fourth-order valence-corrected chi connectivity index (χ4v) is 4.04. The van der Waals surface area contributed by atoms with Gasteiger partial charge in [0.1, 0.15) is 4.32 Å². The van der Waals surface area contributed by atoms with Crippen molar-refractivity contribution in [2.24, 2.45) is 0 Å². The molecule has 0 radical (unpaired) electrons. The van der Waals surface area contributed by atoms with Crippen LogP contribution >= 0.6 is 39.9 Å². The van der Waals surface area contributed by atoms with Crippen LogP contribution in [0.25, 0.3) is 6.08 Å². The van der Waals surface area contributed by atoms with Crippen LogP contribution in [0.1, 0.15) is 18.9 Å². The third kappa shape index (κ3) is 4.74. The first-order valence-corrected chi connectivity index (χ1v) is 9.34. The number of halogens is 1. The van der Waals surface area contributed by atoms with Crippen molar-refractivity contribution in [3.8, 4) is 11.5 Å². The summed E-state index contributed by atoms with van der Waals surface area (Å²) in [5.41, 5.74) is 0.729. The van der Waals surface area contributed by atoms with E-state index in [2.05, 4.69) is 15.9 Å². The van der Waals surface area contributed by atoms with Gasteiger partial charge in [-0.3, -0.25) is 9.69 Å². The number of aliphatic carboxylic acids is 1. The lowest BCUT2D eigenvalue weighted by atomic mass is 10.2. The Bertz CT molecular complexity index is 750. The molecule has 1 aliphatic heterocycles. The minimum Gasteiger partial charge on any atom is -0.550 e. The summed E-state index contributed by atoms with van der Waals surface area (Å²) in [5, 5.41) is 10.6. The van der Waals surface area contributed by atoms with E-state index >= 15 is 0 Å². The van der Waals surface area contributed by atoms with Crippen LogP contribution in [0.4, 0.5) is 0 Å². The summed E-state index contributed by atoms with van der Waals surface area (Å²) >= 11 is 9.72. The maximum atomic E-state index is 12.4.